The predicted molar refractivity (Wildman–Crippen MR) is 131 cm³/mol. The number of nitrogens with one attached hydrogen (secondary N) is 2. The molecule has 0 spiro atoms. The zero-order valence-corrected chi connectivity index (χ0v) is 20.6. The van der Waals surface area contributed by atoms with Crippen LogP contribution < -0.4 is 20.2 Å². The van der Waals surface area contributed by atoms with Crippen LogP contribution in [0.2, 0.25) is 10.0 Å². The molecule has 0 bridgehead atoms. The molecular weight excluding hydrogens is 479 g/mol. The molecule has 10 heteroatoms. The van der Waals surface area contributed by atoms with E-state index in [4.69, 9.17) is 37.9 Å². The van der Waals surface area contributed by atoms with E-state index in [1.54, 1.807) is 43.3 Å². The van der Waals surface area contributed by atoms with Crippen LogP contribution in [-0.4, -0.2) is 36.8 Å². The van der Waals surface area contributed by atoms with Crippen molar-refractivity contribution in [3.63, 3.8) is 0 Å². The van der Waals surface area contributed by atoms with Crippen molar-refractivity contribution < 1.29 is 19.1 Å². The van der Waals surface area contributed by atoms with Crippen LogP contribution in [0.15, 0.2) is 47.6 Å². The summed E-state index contributed by atoms with van der Waals surface area (Å²) in [5, 5.41) is 16.0. The molecule has 0 aliphatic rings. The van der Waals surface area contributed by atoms with Gasteiger partial charge in [-0.2, -0.15) is 10.4 Å². The molecule has 2 atom stereocenters. The molecule has 2 aromatic rings. The summed E-state index contributed by atoms with van der Waals surface area (Å²) in [5.74, 6) is 0.0848. The average molecular weight is 505 g/mol. The first-order valence-corrected chi connectivity index (χ1v) is 11.3. The normalized spacial score (nSPS) is 12.6. The number of hydrogen-bond donors (Lipinski definition) is 2. The van der Waals surface area contributed by atoms with Gasteiger partial charge in [0.1, 0.15) is 23.6 Å². The molecule has 0 saturated heterocycles. The van der Waals surface area contributed by atoms with E-state index in [9.17, 15) is 9.59 Å². The zero-order valence-electron chi connectivity index (χ0n) is 19.0. The quantitative estimate of drug-likeness (QED) is 0.349. The maximum absolute atomic E-state index is 12.7. The maximum Gasteiger partial charge on any atom is 0.262 e. The van der Waals surface area contributed by atoms with Gasteiger partial charge in [-0.05, 0) is 67.3 Å². The fourth-order valence-corrected chi connectivity index (χ4v) is 3.27. The lowest BCUT2D eigenvalue weighted by Crippen LogP contribution is -2.49. The lowest BCUT2D eigenvalue weighted by atomic mass is 10.0. The molecule has 0 radical (unpaired) electrons. The lowest BCUT2D eigenvalue weighted by molar-refractivity contribution is -0.132. The third kappa shape index (κ3) is 8.93. The van der Waals surface area contributed by atoms with Gasteiger partial charge in [0.2, 0.25) is 0 Å². The molecule has 0 fully saturated rings. The van der Waals surface area contributed by atoms with Crippen molar-refractivity contribution in [3.05, 3.63) is 58.1 Å². The van der Waals surface area contributed by atoms with Crippen LogP contribution in [0.25, 0.3) is 0 Å². The van der Waals surface area contributed by atoms with Gasteiger partial charge in [-0.3, -0.25) is 9.59 Å². The first-order chi connectivity index (χ1) is 16.2. The van der Waals surface area contributed by atoms with Gasteiger partial charge in [0.05, 0.1) is 11.2 Å². The van der Waals surface area contributed by atoms with Gasteiger partial charge in [0, 0.05) is 5.02 Å². The molecule has 2 amide bonds. The second-order valence-electron chi connectivity index (χ2n) is 7.78. The minimum absolute atomic E-state index is 0.0388. The SMILES string of the molecule is CC(C)C[C@H](NC(=O)[C@H](C)Oc1ccc(Cl)cc1Cl)C(=O)N/N=C\c1ccc(OCC#N)cc1. The number of nitrogens with zero attached hydrogens (tertiary/aromatic N) is 2. The number of hydrazone groups is 1. The highest BCUT2D eigenvalue weighted by atomic mass is 35.5. The third-order valence-electron chi connectivity index (χ3n) is 4.48. The van der Waals surface area contributed by atoms with E-state index < -0.39 is 24.0 Å². The summed E-state index contributed by atoms with van der Waals surface area (Å²) in [4.78, 5) is 25.4. The number of carbonyl (C=O) groups excluding carboxylic acids is 2. The molecule has 2 aromatic carbocycles. The monoisotopic (exact) mass is 504 g/mol. The topological polar surface area (TPSA) is 113 Å². The van der Waals surface area contributed by atoms with E-state index in [0.717, 1.165) is 5.56 Å². The molecule has 2 rings (SSSR count). The van der Waals surface area contributed by atoms with Crippen LogP contribution >= 0.6 is 23.2 Å². The minimum Gasteiger partial charge on any atom is -0.479 e. The summed E-state index contributed by atoms with van der Waals surface area (Å²) < 4.78 is 10.8. The van der Waals surface area contributed by atoms with Crippen molar-refractivity contribution in [1.29, 1.82) is 5.26 Å². The Labute approximate surface area is 208 Å². The Morgan fingerprint density at radius 3 is 2.44 bits per heavy atom. The molecular formula is C24H26Cl2N4O4. The fourth-order valence-electron chi connectivity index (χ4n) is 2.82. The van der Waals surface area contributed by atoms with Gasteiger partial charge in [0.15, 0.2) is 12.7 Å². The standard InChI is InChI=1S/C24H26Cl2N4O4/c1-15(2)12-21(29-23(31)16(3)34-22-9-6-18(25)13-20(22)26)24(32)30-28-14-17-4-7-19(8-5-17)33-11-10-27/h4-9,13-16,21H,11-12H2,1-3H3,(H,29,31)(H,30,32)/b28-14-/t16-,21-/m0/s1. The second kappa shape index (κ2) is 13.4. The molecule has 0 saturated carbocycles. The van der Waals surface area contributed by atoms with Crippen LogP contribution in [0.1, 0.15) is 32.8 Å². The molecule has 8 nitrogen and oxygen atoms in total. The number of hydrogen-bond acceptors (Lipinski definition) is 6. The highest BCUT2D eigenvalue weighted by Crippen LogP contribution is 2.28. The van der Waals surface area contributed by atoms with Crippen LogP contribution in [-0.2, 0) is 9.59 Å². The molecule has 34 heavy (non-hydrogen) atoms. The predicted octanol–water partition coefficient (Wildman–Crippen LogP) is 4.34. The van der Waals surface area contributed by atoms with Crippen molar-refractivity contribution >= 4 is 41.2 Å². The number of carbonyl (C=O) groups is 2. The van der Waals surface area contributed by atoms with Gasteiger partial charge < -0.3 is 14.8 Å². The highest BCUT2D eigenvalue weighted by Gasteiger charge is 2.25. The smallest absolute Gasteiger partial charge is 0.262 e. The van der Waals surface area contributed by atoms with E-state index in [2.05, 4.69) is 15.8 Å². The largest absolute Gasteiger partial charge is 0.479 e. The molecule has 0 unspecified atom stereocenters. The van der Waals surface area contributed by atoms with Crippen molar-refractivity contribution in [2.24, 2.45) is 11.0 Å². The van der Waals surface area contributed by atoms with Gasteiger partial charge in [0.25, 0.3) is 11.8 Å². The van der Waals surface area contributed by atoms with Gasteiger partial charge in [-0.15, -0.1) is 0 Å². The fraction of sp³-hybridized carbons (Fsp3) is 0.333. The van der Waals surface area contributed by atoms with E-state index in [1.165, 1.54) is 12.3 Å². The molecule has 0 aromatic heterocycles. The summed E-state index contributed by atoms with van der Waals surface area (Å²) in [7, 11) is 0. The number of rotatable bonds is 11. The van der Waals surface area contributed by atoms with Gasteiger partial charge >= 0.3 is 0 Å². The Bertz CT molecular complexity index is 1050. The van der Waals surface area contributed by atoms with E-state index >= 15 is 0 Å². The Hall–Kier alpha value is -3.28. The molecule has 0 aliphatic carbocycles. The van der Waals surface area contributed by atoms with Crippen LogP contribution in [0.3, 0.4) is 0 Å². The number of ether oxygens (including phenoxy) is 2. The summed E-state index contributed by atoms with van der Waals surface area (Å²) in [6.45, 7) is 5.41. The second-order valence-corrected chi connectivity index (χ2v) is 8.62. The number of amides is 2. The average Bonchev–Trinajstić information content (AvgIpc) is 2.79. The van der Waals surface area contributed by atoms with Crippen molar-refractivity contribution in [2.45, 2.75) is 39.3 Å². The van der Waals surface area contributed by atoms with Crippen molar-refractivity contribution in [1.82, 2.24) is 10.7 Å². The number of benzene rings is 2. The molecule has 2 N–H and O–H groups in total. The van der Waals surface area contributed by atoms with Crippen molar-refractivity contribution in [2.75, 3.05) is 6.61 Å². The van der Waals surface area contributed by atoms with Crippen molar-refractivity contribution in [3.8, 4) is 17.6 Å². The third-order valence-corrected chi connectivity index (χ3v) is 5.01. The van der Waals surface area contributed by atoms with E-state index in [0.29, 0.717) is 22.9 Å². The highest BCUT2D eigenvalue weighted by molar-refractivity contribution is 6.35. The Morgan fingerprint density at radius 2 is 1.82 bits per heavy atom. The lowest BCUT2D eigenvalue weighted by Gasteiger charge is -2.22. The first-order valence-electron chi connectivity index (χ1n) is 10.5. The van der Waals surface area contributed by atoms with E-state index in [1.807, 2.05) is 19.9 Å². The van der Waals surface area contributed by atoms with Gasteiger partial charge in [-0.25, -0.2) is 5.43 Å². The molecule has 180 valence electrons. The van der Waals surface area contributed by atoms with Crippen LogP contribution in [0, 0.1) is 17.2 Å². The summed E-state index contributed by atoms with van der Waals surface area (Å²) in [6, 6.07) is 12.6. The number of halogens is 2. The summed E-state index contributed by atoms with van der Waals surface area (Å²) in [6.07, 6.45) is 0.979. The van der Waals surface area contributed by atoms with Gasteiger partial charge in [-0.1, -0.05) is 37.0 Å². The molecule has 0 heterocycles. The zero-order chi connectivity index (χ0) is 25.1. The Kier molecular flexibility index (Phi) is 10.7. The Balaban J connectivity index is 1.96. The maximum atomic E-state index is 12.7. The first kappa shape index (κ1) is 27.0. The molecule has 0 aliphatic heterocycles. The Morgan fingerprint density at radius 1 is 1.12 bits per heavy atom. The van der Waals surface area contributed by atoms with Crippen LogP contribution in [0.4, 0.5) is 0 Å². The van der Waals surface area contributed by atoms with Crippen LogP contribution in [0.5, 0.6) is 11.5 Å². The summed E-state index contributed by atoms with van der Waals surface area (Å²) in [5.41, 5.74) is 3.18. The van der Waals surface area contributed by atoms with E-state index in [-0.39, 0.29) is 17.5 Å². The number of nitriles is 1. The minimum atomic E-state index is -0.897. The summed E-state index contributed by atoms with van der Waals surface area (Å²) >= 11 is 12.0.